The van der Waals surface area contributed by atoms with Crippen molar-refractivity contribution in [3.05, 3.63) is 28.1 Å². The van der Waals surface area contributed by atoms with Gasteiger partial charge in [0.05, 0.1) is 11.1 Å². The third-order valence-corrected chi connectivity index (χ3v) is 2.71. The number of aliphatic hydroxyl groups is 1. The van der Waals surface area contributed by atoms with Crippen molar-refractivity contribution in [3.63, 3.8) is 0 Å². The van der Waals surface area contributed by atoms with Crippen molar-refractivity contribution in [2.75, 3.05) is 13.2 Å². The molecule has 106 valence electrons. The van der Waals surface area contributed by atoms with Gasteiger partial charge in [0, 0.05) is 25.8 Å². The minimum Gasteiger partial charge on any atom is -0.396 e. The van der Waals surface area contributed by atoms with Crippen molar-refractivity contribution in [2.45, 2.75) is 26.8 Å². The number of amides is 1. The minimum absolute atomic E-state index is 0.0175. The van der Waals surface area contributed by atoms with E-state index in [1.165, 1.54) is 12.3 Å². The number of nitrogens with one attached hydrogen (secondary N) is 1. The molecule has 0 radical (unpaired) electrons. The maximum atomic E-state index is 12.0. The summed E-state index contributed by atoms with van der Waals surface area (Å²) < 4.78 is 1.58. The van der Waals surface area contributed by atoms with Crippen molar-refractivity contribution in [2.24, 2.45) is 5.92 Å². The molecule has 0 saturated carbocycles. The van der Waals surface area contributed by atoms with E-state index in [2.05, 4.69) is 5.32 Å². The average Bonchev–Trinajstić information content (AvgIpc) is 2.80. The normalized spacial score (nSPS) is 12.2. The minimum atomic E-state index is -0.515. The SMILES string of the molecule is CCCn1cc([N+](=O)[O-])cc1C(=O)NCC(C)CO. The summed E-state index contributed by atoms with van der Waals surface area (Å²) in [5, 5.41) is 22.3. The molecule has 0 fully saturated rings. The molecule has 2 N–H and O–H groups in total. The Hall–Kier alpha value is -1.89. The van der Waals surface area contributed by atoms with Gasteiger partial charge in [0.15, 0.2) is 0 Å². The number of hydrogen-bond donors (Lipinski definition) is 2. The molecule has 0 aliphatic heterocycles. The fourth-order valence-electron chi connectivity index (χ4n) is 1.63. The second kappa shape index (κ2) is 6.89. The summed E-state index contributed by atoms with van der Waals surface area (Å²) in [4.78, 5) is 22.2. The molecule has 0 aliphatic carbocycles. The van der Waals surface area contributed by atoms with E-state index >= 15 is 0 Å². The van der Waals surface area contributed by atoms with Crippen LogP contribution in [0.1, 0.15) is 30.8 Å². The molecule has 7 nitrogen and oxygen atoms in total. The zero-order chi connectivity index (χ0) is 14.4. The van der Waals surface area contributed by atoms with Crippen LogP contribution >= 0.6 is 0 Å². The monoisotopic (exact) mass is 269 g/mol. The van der Waals surface area contributed by atoms with E-state index in [-0.39, 0.29) is 29.8 Å². The maximum absolute atomic E-state index is 12.0. The lowest BCUT2D eigenvalue weighted by atomic mass is 10.2. The van der Waals surface area contributed by atoms with Crippen LogP contribution in [0.5, 0.6) is 0 Å². The highest BCUT2D eigenvalue weighted by atomic mass is 16.6. The first-order valence-electron chi connectivity index (χ1n) is 6.23. The highest BCUT2D eigenvalue weighted by Crippen LogP contribution is 2.17. The number of aliphatic hydroxyl groups excluding tert-OH is 1. The van der Waals surface area contributed by atoms with Gasteiger partial charge in [-0.3, -0.25) is 14.9 Å². The van der Waals surface area contributed by atoms with Crippen LogP contribution in [0.3, 0.4) is 0 Å². The summed E-state index contributed by atoms with van der Waals surface area (Å²) in [7, 11) is 0. The number of nitro groups is 1. The van der Waals surface area contributed by atoms with Crippen LogP contribution in [-0.2, 0) is 6.54 Å². The van der Waals surface area contributed by atoms with Crippen LogP contribution in [0, 0.1) is 16.0 Å². The van der Waals surface area contributed by atoms with Crippen LogP contribution in [0.2, 0.25) is 0 Å². The van der Waals surface area contributed by atoms with E-state index in [9.17, 15) is 14.9 Å². The first-order chi connectivity index (χ1) is 8.99. The van der Waals surface area contributed by atoms with Crippen LogP contribution in [0.4, 0.5) is 5.69 Å². The molecule has 0 saturated heterocycles. The quantitative estimate of drug-likeness (QED) is 0.573. The molecule has 1 amide bonds. The smallest absolute Gasteiger partial charge is 0.287 e. The Morgan fingerprint density at radius 2 is 2.32 bits per heavy atom. The summed E-state index contributed by atoms with van der Waals surface area (Å²) in [5.41, 5.74) is 0.187. The topological polar surface area (TPSA) is 97.4 Å². The Balaban J connectivity index is 2.84. The fraction of sp³-hybridized carbons (Fsp3) is 0.583. The molecule has 0 aliphatic rings. The summed E-state index contributed by atoms with van der Waals surface area (Å²) in [6.45, 7) is 4.60. The van der Waals surface area contributed by atoms with E-state index in [0.29, 0.717) is 13.1 Å². The van der Waals surface area contributed by atoms with E-state index in [1.54, 1.807) is 11.5 Å². The van der Waals surface area contributed by atoms with Gasteiger partial charge in [-0.15, -0.1) is 0 Å². The standard InChI is InChI=1S/C12H19N3O4/c1-3-4-14-7-10(15(18)19)5-11(14)12(17)13-6-9(2)8-16/h5,7,9,16H,3-4,6,8H2,1-2H3,(H,13,17). The number of carbonyl (C=O) groups is 1. The highest BCUT2D eigenvalue weighted by molar-refractivity contribution is 5.93. The lowest BCUT2D eigenvalue weighted by Crippen LogP contribution is -2.31. The van der Waals surface area contributed by atoms with Crippen LogP contribution in [0.25, 0.3) is 0 Å². The Morgan fingerprint density at radius 1 is 1.63 bits per heavy atom. The molecule has 1 aromatic rings. The van der Waals surface area contributed by atoms with Crippen molar-refractivity contribution in [1.29, 1.82) is 0 Å². The predicted molar refractivity (Wildman–Crippen MR) is 70.0 cm³/mol. The largest absolute Gasteiger partial charge is 0.396 e. The van der Waals surface area contributed by atoms with Crippen LogP contribution in [0.15, 0.2) is 12.3 Å². The zero-order valence-electron chi connectivity index (χ0n) is 11.1. The van der Waals surface area contributed by atoms with Gasteiger partial charge >= 0.3 is 0 Å². The number of carbonyl (C=O) groups excluding carboxylic acids is 1. The van der Waals surface area contributed by atoms with Gasteiger partial charge in [-0.05, 0) is 12.3 Å². The van der Waals surface area contributed by atoms with Gasteiger partial charge in [0.25, 0.3) is 11.6 Å². The van der Waals surface area contributed by atoms with Gasteiger partial charge < -0.3 is 15.0 Å². The molecule has 7 heteroatoms. The van der Waals surface area contributed by atoms with Crippen molar-refractivity contribution < 1.29 is 14.8 Å². The maximum Gasteiger partial charge on any atom is 0.287 e. The molecule has 0 aromatic carbocycles. The third-order valence-electron chi connectivity index (χ3n) is 2.71. The molecule has 1 heterocycles. The molecular weight excluding hydrogens is 250 g/mol. The van der Waals surface area contributed by atoms with Gasteiger partial charge in [-0.25, -0.2) is 0 Å². The lowest BCUT2D eigenvalue weighted by Gasteiger charge is -2.11. The first kappa shape index (κ1) is 15.2. The van der Waals surface area contributed by atoms with E-state index < -0.39 is 4.92 Å². The second-order valence-electron chi connectivity index (χ2n) is 4.53. The zero-order valence-corrected chi connectivity index (χ0v) is 11.1. The molecule has 19 heavy (non-hydrogen) atoms. The number of nitrogens with zero attached hydrogens (tertiary/aromatic N) is 2. The van der Waals surface area contributed by atoms with Gasteiger partial charge in [-0.1, -0.05) is 13.8 Å². The van der Waals surface area contributed by atoms with Crippen LogP contribution in [-0.4, -0.2) is 33.7 Å². The van der Waals surface area contributed by atoms with Crippen LogP contribution < -0.4 is 5.32 Å². The lowest BCUT2D eigenvalue weighted by molar-refractivity contribution is -0.384. The van der Waals surface area contributed by atoms with Crippen molar-refractivity contribution in [1.82, 2.24) is 9.88 Å². The molecular formula is C12H19N3O4. The Labute approximate surface area is 111 Å². The highest BCUT2D eigenvalue weighted by Gasteiger charge is 2.19. The summed E-state index contributed by atoms with van der Waals surface area (Å²) in [6.07, 6.45) is 2.15. The molecule has 1 aromatic heterocycles. The molecule has 1 atom stereocenters. The number of aryl methyl sites for hydroxylation is 1. The van der Waals surface area contributed by atoms with Gasteiger partial charge in [0.2, 0.25) is 0 Å². The average molecular weight is 269 g/mol. The number of aromatic nitrogens is 1. The number of rotatable bonds is 7. The molecule has 0 spiro atoms. The summed E-state index contributed by atoms with van der Waals surface area (Å²) in [6, 6.07) is 1.27. The predicted octanol–water partition coefficient (Wildman–Crippen LogP) is 1.16. The molecule has 0 bridgehead atoms. The summed E-state index contributed by atoms with van der Waals surface area (Å²) >= 11 is 0. The Kier molecular flexibility index (Phi) is 5.50. The van der Waals surface area contributed by atoms with E-state index in [1.807, 2.05) is 6.92 Å². The van der Waals surface area contributed by atoms with Crippen molar-refractivity contribution in [3.8, 4) is 0 Å². The molecule has 1 rings (SSSR count). The molecule has 1 unspecified atom stereocenters. The first-order valence-corrected chi connectivity index (χ1v) is 6.23. The van der Waals surface area contributed by atoms with E-state index in [4.69, 9.17) is 5.11 Å². The van der Waals surface area contributed by atoms with Crippen molar-refractivity contribution >= 4 is 11.6 Å². The third kappa shape index (κ3) is 4.06. The summed E-state index contributed by atoms with van der Waals surface area (Å²) in [5.74, 6) is -0.407. The fourth-order valence-corrected chi connectivity index (χ4v) is 1.63. The second-order valence-corrected chi connectivity index (χ2v) is 4.53. The van der Waals surface area contributed by atoms with E-state index in [0.717, 1.165) is 6.42 Å². The number of hydrogen-bond acceptors (Lipinski definition) is 4. The van der Waals surface area contributed by atoms with Gasteiger partial charge in [0.1, 0.15) is 5.69 Å². The van der Waals surface area contributed by atoms with Gasteiger partial charge in [-0.2, -0.15) is 0 Å². The Morgan fingerprint density at radius 3 is 2.84 bits per heavy atom. The Bertz CT molecular complexity index is 456.